The van der Waals surface area contributed by atoms with Crippen molar-refractivity contribution >= 4 is 16.7 Å². The first kappa shape index (κ1) is 16.8. The van der Waals surface area contributed by atoms with Crippen LogP contribution in [0.4, 0.5) is 0 Å². The molecule has 0 aliphatic carbocycles. The van der Waals surface area contributed by atoms with E-state index in [0.29, 0.717) is 11.5 Å². The molecule has 1 amide bonds. The predicted molar refractivity (Wildman–Crippen MR) is 102 cm³/mol. The summed E-state index contributed by atoms with van der Waals surface area (Å²) in [6.07, 6.45) is 5.70. The average molecular weight is 348 g/mol. The van der Waals surface area contributed by atoms with Crippen LogP contribution in [-0.2, 0) is 7.05 Å². The van der Waals surface area contributed by atoms with Gasteiger partial charge in [0, 0.05) is 49.5 Å². The normalized spacial score (nSPS) is 15.6. The number of pyridine rings is 1. The molecule has 0 spiro atoms. The number of hydrogen-bond acceptors (Lipinski definition) is 3. The van der Waals surface area contributed by atoms with Gasteiger partial charge in [0.2, 0.25) is 0 Å². The molecule has 5 nitrogen and oxygen atoms in total. The molecule has 0 unspecified atom stereocenters. The van der Waals surface area contributed by atoms with E-state index in [9.17, 15) is 4.79 Å². The van der Waals surface area contributed by atoms with E-state index in [1.165, 1.54) is 16.3 Å². The summed E-state index contributed by atoms with van der Waals surface area (Å²) < 4.78 is 1.71. The van der Waals surface area contributed by atoms with Gasteiger partial charge in [-0.3, -0.25) is 14.5 Å². The highest BCUT2D eigenvalue weighted by Gasteiger charge is 2.27. The Morgan fingerprint density at radius 1 is 1.19 bits per heavy atom. The first-order valence-corrected chi connectivity index (χ1v) is 9.17. The van der Waals surface area contributed by atoms with Crippen molar-refractivity contribution in [1.29, 1.82) is 0 Å². The fourth-order valence-electron chi connectivity index (χ4n) is 3.92. The van der Waals surface area contributed by atoms with Gasteiger partial charge in [-0.15, -0.1) is 0 Å². The lowest BCUT2D eigenvalue weighted by Gasteiger charge is -2.31. The summed E-state index contributed by atoms with van der Waals surface area (Å²) in [5.74, 6) is 0.509. The molecule has 0 atom stereocenters. The van der Waals surface area contributed by atoms with Crippen LogP contribution in [0.5, 0.6) is 0 Å². The first-order chi connectivity index (χ1) is 12.5. The molecule has 1 saturated heterocycles. The van der Waals surface area contributed by atoms with Crippen LogP contribution in [0.2, 0.25) is 0 Å². The van der Waals surface area contributed by atoms with E-state index in [2.05, 4.69) is 36.3 Å². The molecular weight excluding hydrogens is 324 g/mol. The average Bonchev–Trinajstić information content (AvgIpc) is 2.99. The molecule has 4 rings (SSSR count). The smallest absolute Gasteiger partial charge is 0.257 e. The van der Waals surface area contributed by atoms with Crippen molar-refractivity contribution < 1.29 is 4.79 Å². The van der Waals surface area contributed by atoms with E-state index < -0.39 is 0 Å². The number of aryl methyl sites for hydroxylation is 3. The van der Waals surface area contributed by atoms with Gasteiger partial charge in [-0.1, -0.05) is 18.2 Å². The molecule has 1 aromatic carbocycles. The number of likely N-dealkylation sites (tertiary alicyclic amines) is 1. The van der Waals surface area contributed by atoms with Gasteiger partial charge >= 0.3 is 0 Å². The summed E-state index contributed by atoms with van der Waals surface area (Å²) in [4.78, 5) is 19.4. The minimum atomic E-state index is 0.0939. The van der Waals surface area contributed by atoms with Crippen molar-refractivity contribution in [3.63, 3.8) is 0 Å². The predicted octanol–water partition coefficient (Wildman–Crippen LogP) is 3.60. The molecular formula is C21H24N4O. The molecule has 0 bridgehead atoms. The highest BCUT2D eigenvalue weighted by molar-refractivity contribution is 5.95. The monoisotopic (exact) mass is 348 g/mol. The number of carbonyl (C=O) groups excluding carboxylic acids is 1. The maximum atomic E-state index is 12.8. The molecule has 0 radical (unpaired) electrons. The standard InChI is InChI=1S/C21H24N4O/c1-14-5-4-6-17-12-22-20(11-18(14)17)16-7-9-25(10-8-16)21(26)19-13-24(3)23-15(19)2/h4-6,11-13,16H,7-10H2,1-3H3. The lowest BCUT2D eigenvalue weighted by Crippen LogP contribution is -2.38. The van der Waals surface area contributed by atoms with Crippen LogP contribution in [-0.4, -0.2) is 38.7 Å². The highest BCUT2D eigenvalue weighted by Crippen LogP contribution is 2.30. The zero-order chi connectivity index (χ0) is 18.3. The maximum absolute atomic E-state index is 12.8. The summed E-state index contributed by atoms with van der Waals surface area (Å²) in [6, 6.07) is 8.56. The third-order valence-electron chi connectivity index (χ3n) is 5.45. The van der Waals surface area contributed by atoms with Gasteiger partial charge in [0.15, 0.2) is 0 Å². The number of carbonyl (C=O) groups is 1. The van der Waals surface area contributed by atoms with E-state index in [-0.39, 0.29) is 5.91 Å². The first-order valence-electron chi connectivity index (χ1n) is 9.17. The minimum absolute atomic E-state index is 0.0939. The molecule has 134 valence electrons. The van der Waals surface area contributed by atoms with Crippen molar-refractivity contribution in [2.45, 2.75) is 32.6 Å². The number of piperidine rings is 1. The number of rotatable bonds is 2. The number of benzene rings is 1. The fourth-order valence-corrected chi connectivity index (χ4v) is 3.92. The van der Waals surface area contributed by atoms with Crippen LogP contribution in [0.3, 0.4) is 0 Å². The molecule has 3 heterocycles. The fraction of sp³-hybridized carbons (Fsp3) is 0.381. The Bertz CT molecular complexity index is 967. The van der Waals surface area contributed by atoms with E-state index in [4.69, 9.17) is 4.98 Å². The van der Waals surface area contributed by atoms with Gasteiger partial charge in [0.25, 0.3) is 5.91 Å². The van der Waals surface area contributed by atoms with Crippen LogP contribution >= 0.6 is 0 Å². The van der Waals surface area contributed by atoms with Crippen LogP contribution in [0.1, 0.15) is 46.1 Å². The van der Waals surface area contributed by atoms with Crippen LogP contribution in [0, 0.1) is 13.8 Å². The number of nitrogens with zero attached hydrogens (tertiary/aromatic N) is 4. The molecule has 5 heteroatoms. The topological polar surface area (TPSA) is 51.0 Å². The lowest BCUT2D eigenvalue weighted by atomic mass is 9.91. The van der Waals surface area contributed by atoms with E-state index in [1.54, 1.807) is 4.68 Å². The molecule has 0 saturated carbocycles. The zero-order valence-corrected chi connectivity index (χ0v) is 15.6. The molecule has 3 aromatic rings. The van der Waals surface area contributed by atoms with Crippen LogP contribution in [0.15, 0.2) is 36.7 Å². The molecule has 26 heavy (non-hydrogen) atoms. The number of fused-ring (bicyclic) bond motifs is 1. The van der Waals surface area contributed by atoms with Crippen molar-refractivity contribution in [3.05, 3.63) is 59.2 Å². The molecule has 1 fully saturated rings. The lowest BCUT2D eigenvalue weighted by molar-refractivity contribution is 0.0711. The largest absolute Gasteiger partial charge is 0.338 e. The van der Waals surface area contributed by atoms with Crippen molar-refractivity contribution in [2.75, 3.05) is 13.1 Å². The number of amides is 1. The third kappa shape index (κ3) is 2.98. The van der Waals surface area contributed by atoms with Crippen LogP contribution < -0.4 is 0 Å². The zero-order valence-electron chi connectivity index (χ0n) is 15.6. The maximum Gasteiger partial charge on any atom is 0.257 e. The summed E-state index contributed by atoms with van der Waals surface area (Å²) in [7, 11) is 1.85. The molecule has 1 aliphatic heterocycles. The number of hydrogen-bond donors (Lipinski definition) is 0. The number of aromatic nitrogens is 3. The molecule has 1 aliphatic rings. The summed E-state index contributed by atoms with van der Waals surface area (Å²) in [5, 5.41) is 6.75. The Labute approximate surface area is 153 Å². The van der Waals surface area contributed by atoms with Gasteiger partial charge in [0.1, 0.15) is 0 Å². The Morgan fingerprint density at radius 3 is 2.65 bits per heavy atom. The van der Waals surface area contributed by atoms with E-state index in [1.807, 2.05) is 31.3 Å². The second kappa shape index (κ2) is 6.56. The Kier molecular flexibility index (Phi) is 4.23. The van der Waals surface area contributed by atoms with E-state index >= 15 is 0 Å². The molecule has 0 N–H and O–H groups in total. The Morgan fingerprint density at radius 2 is 1.96 bits per heavy atom. The Hall–Kier alpha value is -2.69. The summed E-state index contributed by atoms with van der Waals surface area (Å²) in [6.45, 7) is 5.57. The van der Waals surface area contributed by atoms with Gasteiger partial charge in [-0.05, 0) is 43.7 Å². The summed E-state index contributed by atoms with van der Waals surface area (Å²) in [5.41, 5.74) is 3.94. The Balaban J connectivity index is 1.49. The second-order valence-corrected chi connectivity index (χ2v) is 7.27. The van der Waals surface area contributed by atoms with Gasteiger partial charge in [0.05, 0.1) is 11.3 Å². The van der Waals surface area contributed by atoms with E-state index in [0.717, 1.165) is 37.3 Å². The second-order valence-electron chi connectivity index (χ2n) is 7.27. The van der Waals surface area contributed by atoms with Crippen LogP contribution in [0.25, 0.3) is 10.8 Å². The van der Waals surface area contributed by atoms with Gasteiger partial charge < -0.3 is 4.90 Å². The van der Waals surface area contributed by atoms with Crippen molar-refractivity contribution in [3.8, 4) is 0 Å². The highest BCUT2D eigenvalue weighted by atomic mass is 16.2. The quantitative estimate of drug-likeness (QED) is 0.711. The summed E-state index contributed by atoms with van der Waals surface area (Å²) >= 11 is 0. The van der Waals surface area contributed by atoms with Gasteiger partial charge in [-0.25, -0.2) is 0 Å². The van der Waals surface area contributed by atoms with Gasteiger partial charge in [-0.2, -0.15) is 5.10 Å². The SMILES string of the molecule is Cc1nn(C)cc1C(=O)N1CCC(c2cc3c(C)cccc3cn2)CC1. The third-order valence-corrected chi connectivity index (χ3v) is 5.45. The van der Waals surface area contributed by atoms with Crippen molar-refractivity contribution in [2.24, 2.45) is 7.05 Å². The van der Waals surface area contributed by atoms with Crippen molar-refractivity contribution in [1.82, 2.24) is 19.7 Å². The molecule has 2 aromatic heterocycles. The minimum Gasteiger partial charge on any atom is -0.338 e.